The fraction of sp³-hybridized carbons (Fsp3) is 0.355. The number of rotatable bonds is 8. The summed E-state index contributed by atoms with van der Waals surface area (Å²) in [6.45, 7) is 5.12. The SMILES string of the molecule is CN1CCN(c2ccc(C(=O)Nc3n[nH]c4cc(OC(Cc5ccccc5)C5CCCN5)ccc34)cc2)CC1. The number of H-pyrrole nitrogens is 1. The van der Waals surface area contributed by atoms with Crippen LogP contribution in [0, 0.1) is 0 Å². The van der Waals surface area contributed by atoms with E-state index in [1.807, 2.05) is 48.5 Å². The van der Waals surface area contributed by atoms with Gasteiger partial charge in [0.05, 0.1) is 5.52 Å². The minimum atomic E-state index is -0.177. The summed E-state index contributed by atoms with van der Waals surface area (Å²) in [5, 5.41) is 14.9. The van der Waals surface area contributed by atoms with Crippen LogP contribution in [0.4, 0.5) is 11.5 Å². The first-order chi connectivity index (χ1) is 19.1. The molecule has 0 aliphatic carbocycles. The Hall–Kier alpha value is -3.88. The number of ether oxygens (including phenoxy) is 1. The number of nitrogens with zero attached hydrogens (tertiary/aromatic N) is 3. The standard InChI is InChI=1S/C31H36N6O2/c1-36-16-18-37(19-17-36)24-11-9-23(10-12-24)31(38)33-30-26-14-13-25(21-28(26)34-35-30)39-29(27-8-5-15-32-27)20-22-6-3-2-4-7-22/h2-4,6-7,9-14,21,27,29,32H,5,8,15-20H2,1H3,(H2,33,34,35,38). The molecule has 8 nitrogen and oxygen atoms in total. The number of aromatic nitrogens is 2. The third kappa shape index (κ3) is 5.92. The Bertz CT molecular complexity index is 1390. The quantitative estimate of drug-likeness (QED) is 0.319. The molecule has 202 valence electrons. The molecule has 0 radical (unpaired) electrons. The van der Waals surface area contributed by atoms with Gasteiger partial charge in [-0.15, -0.1) is 0 Å². The van der Waals surface area contributed by atoms with Crippen molar-refractivity contribution < 1.29 is 9.53 Å². The molecule has 2 unspecified atom stereocenters. The zero-order valence-corrected chi connectivity index (χ0v) is 22.4. The van der Waals surface area contributed by atoms with Crippen LogP contribution in [-0.4, -0.2) is 72.9 Å². The molecule has 0 bridgehead atoms. The second-order valence-corrected chi connectivity index (χ2v) is 10.6. The van der Waals surface area contributed by atoms with Crippen LogP contribution >= 0.6 is 0 Å². The van der Waals surface area contributed by atoms with E-state index < -0.39 is 0 Å². The van der Waals surface area contributed by atoms with Crippen molar-refractivity contribution in [2.45, 2.75) is 31.4 Å². The van der Waals surface area contributed by atoms with E-state index in [-0.39, 0.29) is 12.0 Å². The van der Waals surface area contributed by atoms with Gasteiger partial charge in [-0.1, -0.05) is 30.3 Å². The third-order valence-electron chi connectivity index (χ3n) is 7.88. The van der Waals surface area contributed by atoms with Crippen molar-refractivity contribution in [3.8, 4) is 5.75 Å². The topological polar surface area (TPSA) is 85.5 Å². The lowest BCUT2D eigenvalue weighted by molar-refractivity contribution is 0.102. The number of hydrogen-bond acceptors (Lipinski definition) is 6. The van der Waals surface area contributed by atoms with Crippen molar-refractivity contribution in [2.24, 2.45) is 0 Å². The molecule has 6 rings (SSSR count). The molecule has 3 N–H and O–H groups in total. The zero-order valence-electron chi connectivity index (χ0n) is 22.4. The summed E-state index contributed by atoms with van der Waals surface area (Å²) in [5.41, 5.74) is 3.85. The van der Waals surface area contributed by atoms with Crippen molar-refractivity contribution in [3.05, 3.63) is 83.9 Å². The van der Waals surface area contributed by atoms with Crippen molar-refractivity contribution in [1.29, 1.82) is 0 Å². The van der Waals surface area contributed by atoms with Gasteiger partial charge >= 0.3 is 0 Å². The second kappa shape index (κ2) is 11.5. The summed E-state index contributed by atoms with van der Waals surface area (Å²) in [6.07, 6.45) is 3.15. The lowest BCUT2D eigenvalue weighted by Gasteiger charge is -2.34. The number of hydrogen-bond donors (Lipinski definition) is 3. The Labute approximate surface area is 229 Å². The molecule has 2 fully saturated rings. The number of fused-ring (bicyclic) bond motifs is 1. The van der Waals surface area contributed by atoms with E-state index in [1.54, 1.807) is 0 Å². The molecule has 0 spiro atoms. The lowest BCUT2D eigenvalue weighted by atomic mass is 10.0. The molecular weight excluding hydrogens is 488 g/mol. The Balaban J connectivity index is 1.13. The Morgan fingerprint density at radius 2 is 1.85 bits per heavy atom. The number of likely N-dealkylation sites (N-methyl/N-ethyl adjacent to an activating group) is 1. The molecule has 2 aliphatic rings. The van der Waals surface area contributed by atoms with Gasteiger partial charge in [0, 0.05) is 61.3 Å². The summed E-state index contributed by atoms with van der Waals surface area (Å²) in [7, 11) is 2.15. The maximum absolute atomic E-state index is 13.0. The smallest absolute Gasteiger partial charge is 0.256 e. The molecule has 1 amide bonds. The molecule has 8 heteroatoms. The highest BCUT2D eigenvalue weighted by Crippen LogP contribution is 2.28. The Morgan fingerprint density at radius 3 is 2.59 bits per heavy atom. The fourth-order valence-corrected chi connectivity index (χ4v) is 5.55. The summed E-state index contributed by atoms with van der Waals surface area (Å²) in [5.74, 6) is 1.13. The molecule has 39 heavy (non-hydrogen) atoms. The normalized spacial score (nSPS) is 18.8. The number of nitrogens with one attached hydrogen (secondary N) is 3. The fourth-order valence-electron chi connectivity index (χ4n) is 5.55. The monoisotopic (exact) mass is 524 g/mol. The van der Waals surface area contributed by atoms with Crippen LogP contribution in [0.25, 0.3) is 10.9 Å². The highest BCUT2D eigenvalue weighted by atomic mass is 16.5. The molecule has 2 saturated heterocycles. The van der Waals surface area contributed by atoms with Crippen molar-refractivity contribution >= 4 is 28.3 Å². The lowest BCUT2D eigenvalue weighted by Crippen LogP contribution is -2.44. The van der Waals surface area contributed by atoms with E-state index in [4.69, 9.17) is 4.74 Å². The number of carbonyl (C=O) groups excluding carboxylic acids is 1. The first-order valence-corrected chi connectivity index (χ1v) is 13.9. The number of carbonyl (C=O) groups is 1. The number of anilines is 2. The molecular formula is C31H36N6O2. The Kier molecular flexibility index (Phi) is 7.47. The van der Waals surface area contributed by atoms with Gasteiger partial charge in [0.1, 0.15) is 11.9 Å². The van der Waals surface area contributed by atoms with Gasteiger partial charge in [0.2, 0.25) is 0 Å². The molecule has 0 saturated carbocycles. The van der Waals surface area contributed by atoms with Gasteiger partial charge in [-0.2, -0.15) is 5.10 Å². The van der Waals surface area contributed by atoms with Crippen molar-refractivity contribution in [1.82, 2.24) is 20.4 Å². The summed E-state index contributed by atoms with van der Waals surface area (Å²) >= 11 is 0. The van der Waals surface area contributed by atoms with Crippen LogP contribution in [0.1, 0.15) is 28.8 Å². The maximum Gasteiger partial charge on any atom is 0.256 e. The first kappa shape index (κ1) is 25.4. The number of aromatic amines is 1. The molecule has 2 atom stereocenters. The van der Waals surface area contributed by atoms with E-state index >= 15 is 0 Å². The van der Waals surface area contributed by atoms with Crippen LogP contribution < -0.4 is 20.3 Å². The average molecular weight is 525 g/mol. The average Bonchev–Trinajstić information content (AvgIpc) is 3.65. The van der Waals surface area contributed by atoms with Gasteiger partial charge in [0.25, 0.3) is 5.91 Å². The van der Waals surface area contributed by atoms with Crippen LogP contribution in [0.15, 0.2) is 72.8 Å². The Morgan fingerprint density at radius 1 is 1.05 bits per heavy atom. The molecule has 3 aromatic carbocycles. The van der Waals surface area contributed by atoms with E-state index in [1.165, 1.54) is 12.0 Å². The molecule has 2 aliphatic heterocycles. The zero-order chi connectivity index (χ0) is 26.6. The van der Waals surface area contributed by atoms with Gasteiger partial charge in [0.15, 0.2) is 5.82 Å². The second-order valence-electron chi connectivity index (χ2n) is 10.6. The highest BCUT2D eigenvalue weighted by molar-refractivity contribution is 6.08. The first-order valence-electron chi connectivity index (χ1n) is 13.9. The van der Waals surface area contributed by atoms with E-state index in [9.17, 15) is 4.79 Å². The molecule has 3 heterocycles. The number of benzene rings is 3. The van der Waals surface area contributed by atoms with E-state index in [2.05, 4.69) is 61.9 Å². The van der Waals surface area contributed by atoms with Crippen LogP contribution in [0.2, 0.25) is 0 Å². The summed E-state index contributed by atoms with van der Waals surface area (Å²) in [6, 6.07) is 24.5. The maximum atomic E-state index is 13.0. The minimum absolute atomic E-state index is 0.0308. The molecule has 1 aromatic heterocycles. The van der Waals surface area contributed by atoms with Crippen LogP contribution in [0.5, 0.6) is 5.75 Å². The van der Waals surface area contributed by atoms with E-state index in [0.717, 1.165) is 67.9 Å². The number of amides is 1. The van der Waals surface area contributed by atoms with E-state index in [0.29, 0.717) is 17.4 Å². The third-order valence-corrected chi connectivity index (χ3v) is 7.88. The van der Waals surface area contributed by atoms with Crippen LogP contribution in [0.3, 0.4) is 0 Å². The molecule has 4 aromatic rings. The predicted octanol–water partition coefficient (Wildman–Crippen LogP) is 4.31. The summed E-state index contributed by atoms with van der Waals surface area (Å²) in [4.78, 5) is 17.7. The van der Waals surface area contributed by atoms with Gasteiger partial charge in [-0.3, -0.25) is 9.89 Å². The van der Waals surface area contributed by atoms with Crippen molar-refractivity contribution in [3.63, 3.8) is 0 Å². The van der Waals surface area contributed by atoms with Crippen molar-refractivity contribution in [2.75, 3.05) is 50.0 Å². The largest absolute Gasteiger partial charge is 0.488 e. The predicted molar refractivity (Wildman–Crippen MR) is 156 cm³/mol. The minimum Gasteiger partial charge on any atom is -0.488 e. The number of piperazine rings is 1. The highest BCUT2D eigenvalue weighted by Gasteiger charge is 2.27. The summed E-state index contributed by atoms with van der Waals surface area (Å²) < 4.78 is 6.53. The van der Waals surface area contributed by atoms with Crippen LogP contribution in [-0.2, 0) is 6.42 Å². The van der Waals surface area contributed by atoms with Gasteiger partial charge in [-0.25, -0.2) is 0 Å². The van der Waals surface area contributed by atoms with Gasteiger partial charge < -0.3 is 25.2 Å². The van der Waals surface area contributed by atoms with Gasteiger partial charge in [-0.05, 0) is 68.4 Å².